The maximum atomic E-state index is 12.3. The molecule has 4 nitrogen and oxygen atoms in total. The molecular weight excluding hydrogens is 302 g/mol. The number of nitrogens with zero attached hydrogens (tertiary/aromatic N) is 1. The van der Waals surface area contributed by atoms with Crippen molar-refractivity contribution in [3.63, 3.8) is 0 Å². The standard InChI is InChI=1S/C17H22ClNO3/c18-15-3-1-2-4-16(15)22-14-5-8-19(9-6-14)17(20)11-13-7-10-21-12-13/h1-4,13-14H,5-12H2/t13-/m1/s1. The van der Waals surface area contributed by atoms with E-state index in [9.17, 15) is 4.79 Å². The van der Waals surface area contributed by atoms with Crippen LogP contribution in [0.15, 0.2) is 24.3 Å². The lowest BCUT2D eigenvalue weighted by Gasteiger charge is -2.32. The van der Waals surface area contributed by atoms with E-state index >= 15 is 0 Å². The zero-order chi connectivity index (χ0) is 15.4. The van der Waals surface area contributed by atoms with E-state index in [1.807, 2.05) is 29.2 Å². The average Bonchev–Trinajstić information content (AvgIpc) is 3.03. The van der Waals surface area contributed by atoms with Gasteiger partial charge in [0, 0.05) is 45.6 Å². The summed E-state index contributed by atoms with van der Waals surface area (Å²) in [6.45, 7) is 3.06. The first-order valence-corrected chi connectivity index (χ1v) is 8.37. The Hall–Kier alpha value is -1.26. The lowest BCUT2D eigenvalue weighted by molar-refractivity contribution is -0.134. The molecule has 2 aliphatic heterocycles. The third kappa shape index (κ3) is 3.93. The van der Waals surface area contributed by atoms with Gasteiger partial charge in [0.25, 0.3) is 0 Å². The zero-order valence-electron chi connectivity index (χ0n) is 12.7. The Morgan fingerprint density at radius 1 is 1.27 bits per heavy atom. The average molecular weight is 324 g/mol. The Balaban J connectivity index is 1.45. The van der Waals surface area contributed by atoms with Gasteiger partial charge < -0.3 is 14.4 Å². The predicted octanol–water partition coefficient (Wildman–Crippen LogP) is 3.14. The number of benzene rings is 1. The van der Waals surface area contributed by atoms with Gasteiger partial charge in [-0.05, 0) is 24.5 Å². The molecule has 2 saturated heterocycles. The van der Waals surface area contributed by atoms with Crippen LogP contribution in [0.25, 0.3) is 0 Å². The molecule has 0 aliphatic carbocycles. The summed E-state index contributed by atoms with van der Waals surface area (Å²) in [4.78, 5) is 14.2. The summed E-state index contributed by atoms with van der Waals surface area (Å²) in [7, 11) is 0. The van der Waals surface area contributed by atoms with Crippen molar-refractivity contribution in [1.82, 2.24) is 4.90 Å². The number of para-hydroxylation sites is 1. The van der Waals surface area contributed by atoms with E-state index in [0.717, 1.165) is 51.3 Å². The van der Waals surface area contributed by atoms with Gasteiger partial charge in [-0.2, -0.15) is 0 Å². The first-order chi connectivity index (χ1) is 10.7. The second kappa shape index (κ2) is 7.34. The second-order valence-electron chi connectivity index (χ2n) is 6.06. The molecule has 120 valence electrons. The fourth-order valence-electron chi connectivity index (χ4n) is 3.06. The van der Waals surface area contributed by atoms with Crippen LogP contribution in [0.2, 0.25) is 5.02 Å². The highest BCUT2D eigenvalue weighted by Gasteiger charge is 2.27. The number of rotatable bonds is 4. The largest absolute Gasteiger partial charge is 0.489 e. The van der Waals surface area contributed by atoms with Crippen LogP contribution in [-0.2, 0) is 9.53 Å². The lowest BCUT2D eigenvalue weighted by Crippen LogP contribution is -2.42. The topological polar surface area (TPSA) is 38.8 Å². The predicted molar refractivity (Wildman–Crippen MR) is 85.2 cm³/mol. The Labute approximate surface area is 136 Å². The highest BCUT2D eigenvalue weighted by Crippen LogP contribution is 2.27. The zero-order valence-corrected chi connectivity index (χ0v) is 13.4. The van der Waals surface area contributed by atoms with Crippen LogP contribution >= 0.6 is 11.6 Å². The van der Waals surface area contributed by atoms with Crippen molar-refractivity contribution in [3.05, 3.63) is 29.3 Å². The number of halogens is 1. The number of likely N-dealkylation sites (tertiary alicyclic amines) is 1. The van der Waals surface area contributed by atoms with Gasteiger partial charge in [-0.25, -0.2) is 0 Å². The Morgan fingerprint density at radius 2 is 2.05 bits per heavy atom. The molecule has 22 heavy (non-hydrogen) atoms. The van der Waals surface area contributed by atoms with Crippen LogP contribution in [0, 0.1) is 5.92 Å². The van der Waals surface area contributed by atoms with Gasteiger partial charge in [0.2, 0.25) is 5.91 Å². The van der Waals surface area contributed by atoms with Crippen LogP contribution < -0.4 is 4.74 Å². The lowest BCUT2D eigenvalue weighted by atomic mass is 10.0. The minimum atomic E-state index is 0.138. The minimum absolute atomic E-state index is 0.138. The number of ether oxygens (including phenoxy) is 2. The SMILES string of the molecule is O=C(C[C@H]1CCOC1)N1CCC(Oc2ccccc2Cl)CC1. The molecule has 0 bridgehead atoms. The Morgan fingerprint density at radius 3 is 2.73 bits per heavy atom. The van der Waals surface area contributed by atoms with Crippen LogP contribution in [0.1, 0.15) is 25.7 Å². The number of carbonyl (C=O) groups excluding carboxylic acids is 1. The van der Waals surface area contributed by atoms with E-state index in [1.165, 1.54) is 0 Å². The monoisotopic (exact) mass is 323 g/mol. The normalized spacial score (nSPS) is 22.8. The minimum Gasteiger partial charge on any atom is -0.489 e. The van der Waals surface area contributed by atoms with Crippen molar-refractivity contribution in [2.45, 2.75) is 31.8 Å². The van der Waals surface area contributed by atoms with Gasteiger partial charge in [0.05, 0.1) is 5.02 Å². The Kier molecular flexibility index (Phi) is 5.21. The van der Waals surface area contributed by atoms with E-state index in [2.05, 4.69) is 0 Å². The first kappa shape index (κ1) is 15.6. The smallest absolute Gasteiger partial charge is 0.222 e. The molecule has 1 aromatic carbocycles. The molecule has 0 radical (unpaired) electrons. The summed E-state index contributed by atoms with van der Waals surface area (Å²) in [6.07, 6.45) is 3.49. The van der Waals surface area contributed by atoms with Crippen LogP contribution in [0.3, 0.4) is 0 Å². The van der Waals surface area contributed by atoms with Gasteiger partial charge in [-0.15, -0.1) is 0 Å². The fraction of sp³-hybridized carbons (Fsp3) is 0.588. The molecule has 1 atom stereocenters. The van der Waals surface area contributed by atoms with Crippen LogP contribution in [0.5, 0.6) is 5.75 Å². The Bertz CT molecular complexity index is 508. The van der Waals surface area contributed by atoms with Gasteiger partial charge in [-0.1, -0.05) is 23.7 Å². The summed E-state index contributed by atoms with van der Waals surface area (Å²) in [5.41, 5.74) is 0. The number of carbonyl (C=O) groups is 1. The highest BCUT2D eigenvalue weighted by molar-refractivity contribution is 6.32. The molecule has 0 N–H and O–H groups in total. The van der Waals surface area contributed by atoms with Gasteiger partial charge in [0.15, 0.2) is 0 Å². The summed E-state index contributed by atoms with van der Waals surface area (Å²) < 4.78 is 11.3. The summed E-state index contributed by atoms with van der Waals surface area (Å²) in [6, 6.07) is 7.53. The van der Waals surface area contributed by atoms with Crippen LogP contribution in [0.4, 0.5) is 0 Å². The molecule has 1 amide bonds. The van der Waals surface area contributed by atoms with Crippen molar-refractivity contribution >= 4 is 17.5 Å². The maximum Gasteiger partial charge on any atom is 0.222 e. The van der Waals surface area contributed by atoms with Gasteiger partial charge >= 0.3 is 0 Å². The van der Waals surface area contributed by atoms with Gasteiger partial charge in [0.1, 0.15) is 11.9 Å². The van der Waals surface area contributed by atoms with E-state index in [-0.39, 0.29) is 12.0 Å². The number of hydrogen-bond acceptors (Lipinski definition) is 3. The van der Waals surface area contributed by atoms with E-state index in [0.29, 0.717) is 17.4 Å². The summed E-state index contributed by atoms with van der Waals surface area (Å²) in [5, 5.41) is 0.641. The van der Waals surface area contributed by atoms with Crippen molar-refractivity contribution in [3.8, 4) is 5.75 Å². The molecule has 0 unspecified atom stereocenters. The molecule has 2 heterocycles. The molecule has 0 saturated carbocycles. The van der Waals surface area contributed by atoms with Crippen molar-refractivity contribution in [2.24, 2.45) is 5.92 Å². The molecule has 0 aromatic heterocycles. The van der Waals surface area contributed by atoms with E-state index in [4.69, 9.17) is 21.1 Å². The first-order valence-electron chi connectivity index (χ1n) is 7.99. The quantitative estimate of drug-likeness (QED) is 0.854. The number of amides is 1. The number of hydrogen-bond donors (Lipinski definition) is 0. The molecule has 3 rings (SSSR count). The van der Waals surface area contributed by atoms with Crippen molar-refractivity contribution < 1.29 is 14.3 Å². The van der Waals surface area contributed by atoms with E-state index in [1.54, 1.807) is 0 Å². The number of piperidine rings is 1. The molecule has 2 aliphatic rings. The summed E-state index contributed by atoms with van der Waals surface area (Å²) >= 11 is 6.12. The molecular formula is C17H22ClNO3. The molecule has 0 spiro atoms. The van der Waals surface area contributed by atoms with Crippen LogP contribution in [-0.4, -0.2) is 43.2 Å². The molecule has 2 fully saturated rings. The maximum absolute atomic E-state index is 12.3. The second-order valence-corrected chi connectivity index (χ2v) is 6.47. The third-order valence-corrected chi connectivity index (χ3v) is 4.72. The van der Waals surface area contributed by atoms with Gasteiger partial charge in [-0.3, -0.25) is 4.79 Å². The van der Waals surface area contributed by atoms with Crippen molar-refractivity contribution in [1.29, 1.82) is 0 Å². The molecule has 5 heteroatoms. The summed E-state index contributed by atoms with van der Waals surface area (Å²) in [5.74, 6) is 1.40. The fourth-order valence-corrected chi connectivity index (χ4v) is 3.24. The highest BCUT2D eigenvalue weighted by atomic mass is 35.5. The third-order valence-electron chi connectivity index (χ3n) is 4.41. The molecule has 1 aromatic rings. The van der Waals surface area contributed by atoms with Crippen molar-refractivity contribution in [2.75, 3.05) is 26.3 Å². The van der Waals surface area contributed by atoms with E-state index < -0.39 is 0 Å².